The van der Waals surface area contributed by atoms with E-state index < -0.39 is 21.5 Å². The molecular weight excluding hydrogens is 466 g/mol. The molecule has 30 heavy (non-hydrogen) atoms. The van der Waals surface area contributed by atoms with Crippen molar-refractivity contribution >= 4 is 37.4 Å². The van der Waals surface area contributed by atoms with Crippen molar-refractivity contribution in [2.45, 2.75) is 12.2 Å². The molecule has 1 N–H and O–H groups in total. The number of sulfone groups is 1. The lowest BCUT2D eigenvalue weighted by molar-refractivity contribution is -0.113. The molecular formula is C23H22BrNO4S. The molecule has 0 atom stereocenters. The van der Waals surface area contributed by atoms with E-state index in [-0.39, 0.29) is 5.75 Å². The van der Waals surface area contributed by atoms with Gasteiger partial charge in [-0.2, -0.15) is 0 Å². The second kappa shape index (κ2) is 10.4. The van der Waals surface area contributed by atoms with Crippen molar-refractivity contribution in [1.82, 2.24) is 0 Å². The number of anilines is 1. The maximum absolute atomic E-state index is 12.4. The van der Waals surface area contributed by atoms with Crippen LogP contribution in [-0.2, 0) is 26.8 Å². The largest absolute Gasteiger partial charge is 0.491 e. The van der Waals surface area contributed by atoms with Crippen molar-refractivity contribution in [3.05, 3.63) is 94.5 Å². The van der Waals surface area contributed by atoms with Gasteiger partial charge in [-0.15, -0.1) is 0 Å². The van der Waals surface area contributed by atoms with E-state index in [1.165, 1.54) is 0 Å². The number of para-hydroxylation sites is 2. The third kappa shape index (κ3) is 7.00. The highest BCUT2D eigenvalue weighted by Crippen LogP contribution is 2.24. The van der Waals surface area contributed by atoms with Crippen molar-refractivity contribution in [2.24, 2.45) is 0 Å². The molecule has 1 amide bonds. The molecule has 0 aromatic heterocycles. The summed E-state index contributed by atoms with van der Waals surface area (Å²) < 4.78 is 31.4. The van der Waals surface area contributed by atoms with Gasteiger partial charge >= 0.3 is 0 Å². The zero-order valence-electron chi connectivity index (χ0n) is 16.3. The van der Waals surface area contributed by atoms with Crippen LogP contribution < -0.4 is 10.1 Å². The first-order valence-electron chi connectivity index (χ1n) is 9.42. The predicted octanol–water partition coefficient (Wildman–Crippen LogP) is 4.62. The lowest BCUT2D eigenvalue weighted by Crippen LogP contribution is -2.24. The standard InChI is InChI=1S/C23H22BrNO4S/c24-20-10-6-9-19(15-20)16-30(27,28)17-23(26)25-21-11-4-5-12-22(21)29-14-13-18-7-2-1-3-8-18/h1-12,15H,13-14,16-17H2,(H,25,26). The lowest BCUT2D eigenvalue weighted by atomic mass is 10.2. The molecule has 0 aliphatic carbocycles. The molecule has 0 unspecified atom stereocenters. The number of hydrogen-bond donors (Lipinski definition) is 1. The Hall–Kier alpha value is -2.64. The molecule has 3 rings (SSSR count). The average molecular weight is 488 g/mol. The number of carbonyl (C=O) groups is 1. The monoisotopic (exact) mass is 487 g/mol. The Balaban J connectivity index is 1.58. The van der Waals surface area contributed by atoms with Gasteiger partial charge in [0.05, 0.1) is 18.0 Å². The molecule has 0 saturated heterocycles. The number of hydrogen-bond acceptors (Lipinski definition) is 4. The molecule has 7 heteroatoms. The van der Waals surface area contributed by atoms with Crippen molar-refractivity contribution in [2.75, 3.05) is 17.7 Å². The second-order valence-corrected chi connectivity index (χ2v) is 9.77. The Labute approximate surface area is 185 Å². The fourth-order valence-corrected chi connectivity index (χ4v) is 4.64. The molecule has 3 aromatic carbocycles. The van der Waals surface area contributed by atoms with Crippen molar-refractivity contribution in [1.29, 1.82) is 0 Å². The summed E-state index contributed by atoms with van der Waals surface area (Å²) >= 11 is 3.32. The van der Waals surface area contributed by atoms with Crippen LogP contribution in [0.3, 0.4) is 0 Å². The predicted molar refractivity (Wildman–Crippen MR) is 122 cm³/mol. The summed E-state index contributed by atoms with van der Waals surface area (Å²) in [7, 11) is -3.61. The van der Waals surface area contributed by atoms with Gasteiger partial charge in [0.25, 0.3) is 0 Å². The molecule has 0 spiro atoms. The zero-order chi connectivity index (χ0) is 21.4. The van der Waals surface area contributed by atoms with Crippen LogP contribution in [0.1, 0.15) is 11.1 Å². The van der Waals surface area contributed by atoms with Gasteiger partial charge in [-0.05, 0) is 35.4 Å². The number of rotatable bonds is 9. The van der Waals surface area contributed by atoms with Gasteiger partial charge in [0.2, 0.25) is 5.91 Å². The highest BCUT2D eigenvalue weighted by molar-refractivity contribution is 9.10. The lowest BCUT2D eigenvalue weighted by Gasteiger charge is -2.13. The van der Waals surface area contributed by atoms with Crippen molar-refractivity contribution < 1.29 is 17.9 Å². The summed E-state index contributed by atoms with van der Waals surface area (Å²) in [4.78, 5) is 12.4. The molecule has 5 nitrogen and oxygen atoms in total. The fraction of sp³-hybridized carbons (Fsp3) is 0.174. The van der Waals surface area contributed by atoms with Crippen LogP contribution in [0.25, 0.3) is 0 Å². The molecule has 156 valence electrons. The van der Waals surface area contributed by atoms with Crippen LogP contribution in [0.5, 0.6) is 5.75 Å². The van der Waals surface area contributed by atoms with Crippen LogP contribution in [0.2, 0.25) is 0 Å². The van der Waals surface area contributed by atoms with Gasteiger partial charge in [-0.25, -0.2) is 8.42 Å². The fourth-order valence-electron chi connectivity index (χ4n) is 2.94. The normalized spacial score (nSPS) is 11.1. The summed E-state index contributed by atoms with van der Waals surface area (Å²) in [6, 6.07) is 24.0. The third-order valence-electron chi connectivity index (χ3n) is 4.28. The van der Waals surface area contributed by atoms with E-state index in [0.717, 1.165) is 16.5 Å². The van der Waals surface area contributed by atoms with E-state index in [4.69, 9.17) is 4.74 Å². The highest BCUT2D eigenvalue weighted by Gasteiger charge is 2.19. The Kier molecular flexibility index (Phi) is 7.65. The van der Waals surface area contributed by atoms with Gasteiger partial charge in [0.1, 0.15) is 11.5 Å². The van der Waals surface area contributed by atoms with E-state index in [2.05, 4.69) is 21.2 Å². The summed E-state index contributed by atoms with van der Waals surface area (Å²) in [5, 5.41) is 2.66. The first-order valence-corrected chi connectivity index (χ1v) is 12.0. The Morgan fingerprint density at radius 2 is 1.60 bits per heavy atom. The van der Waals surface area contributed by atoms with Crippen LogP contribution in [-0.4, -0.2) is 26.7 Å². The van der Waals surface area contributed by atoms with E-state index in [1.807, 2.05) is 36.4 Å². The van der Waals surface area contributed by atoms with E-state index in [9.17, 15) is 13.2 Å². The van der Waals surface area contributed by atoms with Gasteiger partial charge in [-0.3, -0.25) is 4.79 Å². The summed E-state index contributed by atoms with van der Waals surface area (Å²) in [6.45, 7) is 0.443. The van der Waals surface area contributed by atoms with Gasteiger partial charge in [-0.1, -0.05) is 70.5 Å². The molecule has 0 saturated carbocycles. The van der Waals surface area contributed by atoms with E-state index in [1.54, 1.807) is 42.5 Å². The molecule has 0 radical (unpaired) electrons. The van der Waals surface area contributed by atoms with E-state index >= 15 is 0 Å². The van der Waals surface area contributed by atoms with Crippen LogP contribution in [0.4, 0.5) is 5.69 Å². The first kappa shape index (κ1) is 22.1. The highest BCUT2D eigenvalue weighted by atomic mass is 79.9. The second-order valence-electron chi connectivity index (χ2n) is 6.79. The zero-order valence-corrected chi connectivity index (χ0v) is 18.7. The molecule has 0 fully saturated rings. The Bertz CT molecular complexity index is 1100. The summed E-state index contributed by atoms with van der Waals surface area (Å²) in [5.74, 6) is -0.886. The van der Waals surface area contributed by atoms with E-state index in [0.29, 0.717) is 23.6 Å². The van der Waals surface area contributed by atoms with Crippen LogP contribution in [0, 0.1) is 0 Å². The summed E-state index contributed by atoms with van der Waals surface area (Å²) in [6.07, 6.45) is 0.726. The smallest absolute Gasteiger partial charge is 0.239 e. The van der Waals surface area contributed by atoms with Crippen molar-refractivity contribution in [3.8, 4) is 5.75 Å². The number of ether oxygens (including phenoxy) is 1. The maximum atomic E-state index is 12.4. The summed E-state index contributed by atoms with van der Waals surface area (Å²) in [5.41, 5.74) is 2.23. The van der Waals surface area contributed by atoms with Gasteiger partial charge in [0.15, 0.2) is 9.84 Å². The molecule has 3 aromatic rings. The molecule has 0 aliphatic rings. The Morgan fingerprint density at radius 3 is 2.37 bits per heavy atom. The molecule has 0 bridgehead atoms. The number of benzene rings is 3. The Morgan fingerprint density at radius 1 is 0.900 bits per heavy atom. The minimum absolute atomic E-state index is 0.199. The van der Waals surface area contributed by atoms with Gasteiger partial charge in [0, 0.05) is 10.9 Å². The quantitative estimate of drug-likeness (QED) is 0.477. The minimum Gasteiger partial charge on any atom is -0.491 e. The third-order valence-corrected chi connectivity index (χ3v) is 6.25. The number of halogens is 1. The molecule has 0 aliphatic heterocycles. The number of nitrogens with one attached hydrogen (secondary N) is 1. The van der Waals surface area contributed by atoms with Crippen molar-refractivity contribution in [3.63, 3.8) is 0 Å². The number of amides is 1. The maximum Gasteiger partial charge on any atom is 0.239 e. The average Bonchev–Trinajstić information content (AvgIpc) is 2.69. The van der Waals surface area contributed by atoms with Gasteiger partial charge < -0.3 is 10.1 Å². The number of carbonyl (C=O) groups excluding carboxylic acids is 1. The SMILES string of the molecule is O=C(CS(=O)(=O)Cc1cccc(Br)c1)Nc1ccccc1OCCc1ccccc1. The topological polar surface area (TPSA) is 72.5 Å². The van der Waals surface area contributed by atoms with Crippen LogP contribution in [0.15, 0.2) is 83.3 Å². The van der Waals surface area contributed by atoms with Crippen LogP contribution >= 0.6 is 15.9 Å². The minimum atomic E-state index is -3.61. The molecule has 0 heterocycles. The first-order chi connectivity index (χ1) is 14.4.